The third kappa shape index (κ3) is 2.99. The summed E-state index contributed by atoms with van der Waals surface area (Å²) in [6, 6.07) is 27.1. The van der Waals surface area contributed by atoms with Gasteiger partial charge in [-0.3, -0.25) is 0 Å². The number of hydrogen-bond donors (Lipinski definition) is 1. The summed E-state index contributed by atoms with van der Waals surface area (Å²) in [5.74, 6) is 0.943. The fraction of sp³-hybridized carbons (Fsp3) is 0.0500. The standard InChI is InChI=1S/C20H16N2.ClH/c1-2-8-15(9-3-1)14-21-20-18-12-5-4-10-16(18)17-11-6-7-13-19(17)22-20;/h1-13H,14H2,(H,21,22);1H. The number of anilines is 1. The lowest BCUT2D eigenvalue weighted by Gasteiger charge is -2.11. The normalized spacial score (nSPS) is 10.4. The van der Waals surface area contributed by atoms with E-state index in [4.69, 9.17) is 4.98 Å². The minimum atomic E-state index is 0. The van der Waals surface area contributed by atoms with Crippen LogP contribution in [0, 0.1) is 0 Å². The predicted molar refractivity (Wildman–Crippen MR) is 100 cm³/mol. The Morgan fingerprint density at radius 1 is 0.652 bits per heavy atom. The Hall–Kier alpha value is -2.58. The summed E-state index contributed by atoms with van der Waals surface area (Å²) < 4.78 is 0. The van der Waals surface area contributed by atoms with Gasteiger partial charge in [0.2, 0.25) is 0 Å². The molecule has 0 amide bonds. The Morgan fingerprint density at radius 2 is 1.26 bits per heavy atom. The van der Waals surface area contributed by atoms with E-state index in [1.54, 1.807) is 0 Å². The van der Waals surface area contributed by atoms with Crippen LogP contribution in [0.3, 0.4) is 0 Å². The molecular weight excluding hydrogens is 304 g/mol. The van der Waals surface area contributed by atoms with E-state index >= 15 is 0 Å². The van der Waals surface area contributed by atoms with Gasteiger partial charge in [0.25, 0.3) is 0 Å². The average molecular weight is 321 g/mol. The van der Waals surface area contributed by atoms with Gasteiger partial charge in [-0.05, 0) is 17.0 Å². The van der Waals surface area contributed by atoms with Crippen molar-refractivity contribution in [2.75, 3.05) is 5.32 Å². The van der Waals surface area contributed by atoms with Gasteiger partial charge in [-0.15, -0.1) is 12.4 Å². The molecule has 23 heavy (non-hydrogen) atoms. The van der Waals surface area contributed by atoms with E-state index in [0.717, 1.165) is 23.3 Å². The van der Waals surface area contributed by atoms with Crippen LogP contribution in [0.1, 0.15) is 5.56 Å². The van der Waals surface area contributed by atoms with Crippen molar-refractivity contribution >= 4 is 39.9 Å². The van der Waals surface area contributed by atoms with E-state index in [0.29, 0.717) is 0 Å². The van der Waals surface area contributed by atoms with Crippen molar-refractivity contribution in [3.05, 3.63) is 84.4 Å². The van der Waals surface area contributed by atoms with Gasteiger partial charge in [0.15, 0.2) is 0 Å². The van der Waals surface area contributed by atoms with Crippen LogP contribution in [0.5, 0.6) is 0 Å². The van der Waals surface area contributed by atoms with Gasteiger partial charge in [0.1, 0.15) is 5.82 Å². The highest BCUT2D eigenvalue weighted by molar-refractivity contribution is 6.09. The summed E-state index contributed by atoms with van der Waals surface area (Å²) in [5.41, 5.74) is 2.28. The summed E-state index contributed by atoms with van der Waals surface area (Å²) >= 11 is 0. The second-order valence-corrected chi connectivity index (χ2v) is 5.36. The fourth-order valence-electron chi connectivity index (χ4n) is 2.82. The lowest BCUT2D eigenvalue weighted by Crippen LogP contribution is -2.02. The molecule has 0 saturated carbocycles. The van der Waals surface area contributed by atoms with Gasteiger partial charge in [-0.2, -0.15) is 0 Å². The lowest BCUT2D eigenvalue weighted by molar-refractivity contribution is 1.13. The summed E-state index contributed by atoms with van der Waals surface area (Å²) in [6.07, 6.45) is 0. The zero-order valence-corrected chi connectivity index (χ0v) is 13.4. The van der Waals surface area contributed by atoms with Crippen molar-refractivity contribution in [3.8, 4) is 0 Å². The van der Waals surface area contributed by atoms with Crippen molar-refractivity contribution < 1.29 is 0 Å². The monoisotopic (exact) mass is 320 g/mol. The summed E-state index contributed by atoms with van der Waals surface area (Å²) in [6.45, 7) is 0.774. The highest BCUT2D eigenvalue weighted by Crippen LogP contribution is 2.29. The first-order valence-corrected chi connectivity index (χ1v) is 7.47. The molecular formula is C20H17ClN2. The molecule has 0 atom stereocenters. The van der Waals surface area contributed by atoms with E-state index in [1.807, 2.05) is 12.1 Å². The van der Waals surface area contributed by atoms with Crippen LogP contribution in [0.15, 0.2) is 78.9 Å². The molecule has 3 aromatic carbocycles. The third-order valence-corrected chi connectivity index (χ3v) is 3.91. The summed E-state index contributed by atoms with van der Waals surface area (Å²) in [5, 5.41) is 7.09. The summed E-state index contributed by atoms with van der Waals surface area (Å²) in [7, 11) is 0. The van der Waals surface area contributed by atoms with Crippen LogP contribution in [0.2, 0.25) is 0 Å². The van der Waals surface area contributed by atoms with E-state index in [-0.39, 0.29) is 12.4 Å². The second kappa shape index (κ2) is 6.67. The zero-order valence-electron chi connectivity index (χ0n) is 12.6. The molecule has 0 bridgehead atoms. The molecule has 0 spiro atoms. The predicted octanol–water partition coefficient (Wildman–Crippen LogP) is 5.42. The molecule has 1 aromatic heterocycles. The average Bonchev–Trinajstić information content (AvgIpc) is 2.60. The minimum Gasteiger partial charge on any atom is -0.365 e. The molecule has 0 saturated heterocycles. The molecule has 3 heteroatoms. The summed E-state index contributed by atoms with van der Waals surface area (Å²) in [4.78, 5) is 4.81. The second-order valence-electron chi connectivity index (χ2n) is 5.36. The number of rotatable bonds is 3. The molecule has 4 rings (SSSR count). The molecule has 2 nitrogen and oxygen atoms in total. The molecule has 4 aromatic rings. The van der Waals surface area contributed by atoms with Gasteiger partial charge < -0.3 is 5.32 Å². The van der Waals surface area contributed by atoms with Crippen LogP contribution < -0.4 is 5.32 Å². The van der Waals surface area contributed by atoms with Crippen LogP contribution in [-0.4, -0.2) is 4.98 Å². The molecule has 0 unspecified atom stereocenters. The Balaban J connectivity index is 0.00000156. The quantitative estimate of drug-likeness (QED) is 0.510. The molecule has 0 aliphatic rings. The first-order chi connectivity index (χ1) is 10.9. The van der Waals surface area contributed by atoms with Gasteiger partial charge in [-0.25, -0.2) is 4.98 Å². The van der Waals surface area contributed by atoms with Gasteiger partial charge in [0, 0.05) is 17.3 Å². The first kappa shape index (κ1) is 15.3. The lowest BCUT2D eigenvalue weighted by atomic mass is 10.1. The molecule has 0 fully saturated rings. The topological polar surface area (TPSA) is 24.9 Å². The molecule has 114 valence electrons. The number of fused-ring (bicyclic) bond motifs is 3. The SMILES string of the molecule is Cl.c1ccc(CNc2nc3ccccc3c3ccccc23)cc1. The largest absolute Gasteiger partial charge is 0.365 e. The molecule has 0 radical (unpaired) electrons. The molecule has 1 heterocycles. The number of para-hydroxylation sites is 1. The third-order valence-electron chi connectivity index (χ3n) is 3.91. The maximum atomic E-state index is 4.81. The maximum absolute atomic E-state index is 4.81. The van der Waals surface area contributed by atoms with Crippen LogP contribution in [0.4, 0.5) is 5.82 Å². The maximum Gasteiger partial charge on any atom is 0.134 e. The van der Waals surface area contributed by atoms with E-state index in [9.17, 15) is 0 Å². The van der Waals surface area contributed by atoms with E-state index in [1.165, 1.54) is 16.3 Å². The number of nitrogens with zero attached hydrogens (tertiary/aromatic N) is 1. The number of halogens is 1. The number of pyridine rings is 1. The Kier molecular flexibility index (Phi) is 4.45. The van der Waals surface area contributed by atoms with Crippen LogP contribution in [-0.2, 0) is 6.54 Å². The smallest absolute Gasteiger partial charge is 0.134 e. The zero-order chi connectivity index (χ0) is 14.8. The van der Waals surface area contributed by atoms with Gasteiger partial charge in [-0.1, -0.05) is 72.8 Å². The van der Waals surface area contributed by atoms with Gasteiger partial charge in [0.05, 0.1) is 5.52 Å². The molecule has 1 N–H and O–H groups in total. The Bertz CT molecular complexity index is 936. The van der Waals surface area contributed by atoms with Crippen molar-refractivity contribution in [2.24, 2.45) is 0 Å². The number of nitrogens with one attached hydrogen (secondary N) is 1. The first-order valence-electron chi connectivity index (χ1n) is 7.47. The minimum absolute atomic E-state index is 0. The van der Waals surface area contributed by atoms with Crippen molar-refractivity contribution in [2.45, 2.75) is 6.54 Å². The Labute approximate surface area is 141 Å². The van der Waals surface area contributed by atoms with Crippen molar-refractivity contribution in [1.29, 1.82) is 0 Å². The van der Waals surface area contributed by atoms with E-state index < -0.39 is 0 Å². The van der Waals surface area contributed by atoms with Crippen LogP contribution >= 0.6 is 12.4 Å². The number of hydrogen-bond acceptors (Lipinski definition) is 2. The van der Waals surface area contributed by atoms with Crippen LogP contribution in [0.25, 0.3) is 21.7 Å². The van der Waals surface area contributed by atoms with Gasteiger partial charge >= 0.3 is 0 Å². The molecule has 0 aliphatic carbocycles. The number of aromatic nitrogens is 1. The van der Waals surface area contributed by atoms with E-state index in [2.05, 4.69) is 72.0 Å². The highest BCUT2D eigenvalue weighted by atomic mass is 35.5. The van der Waals surface area contributed by atoms with Crippen molar-refractivity contribution in [3.63, 3.8) is 0 Å². The molecule has 0 aliphatic heterocycles. The number of benzene rings is 3. The fourth-order valence-corrected chi connectivity index (χ4v) is 2.82. The highest BCUT2D eigenvalue weighted by Gasteiger charge is 2.07. The Morgan fingerprint density at radius 3 is 2.04 bits per heavy atom. The van der Waals surface area contributed by atoms with Crippen molar-refractivity contribution in [1.82, 2.24) is 4.98 Å².